The number of carbonyl (C=O) groups is 2. The lowest BCUT2D eigenvalue weighted by Gasteiger charge is -2.22. The van der Waals surface area contributed by atoms with E-state index in [4.69, 9.17) is 9.97 Å². The second-order valence-electron chi connectivity index (χ2n) is 14.7. The number of benzene rings is 1. The third-order valence-electron chi connectivity index (χ3n) is 10.8. The Kier molecular flexibility index (Phi) is 12.1. The summed E-state index contributed by atoms with van der Waals surface area (Å²) in [5, 5.41) is 16.0. The molecule has 1 atom stereocenters. The Morgan fingerprint density at radius 1 is 0.925 bits per heavy atom. The number of nitrogens with zero attached hydrogens (tertiary/aromatic N) is 2. The predicted octanol–water partition coefficient (Wildman–Crippen LogP) is 11.7. The van der Waals surface area contributed by atoms with E-state index in [-0.39, 0.29) is 18.9 Å². The molecule has 1 aromatic carbocycles. The quantitative estimate of drug-likeness (QED) is 0.180. The molecule has 3 aliphatic rings. The van der Waals surface area contributed by atoms with E-state index in [9.17, 15) is 23.5 Å². The molecule has 3 aliphatic carbocycles. The van der Waals surface area contributed by atoms with E-state index in [1.54, 1.807) is 0 Å². The molecule has 3 aromatic rings. The highest BCUT2D eigenvalue weighted by atomic mass is 32.1. The maximum atomic E-state index is 14.0. The molecular weight excluding hydrogens is 691 g/mol. The van der Waals surface area contributed by atoms with Crippen LogP contribution in [-0.2, 0) is 11.2 Å². The largest absolute Gasteiger partial charge is 0.481 e. The molecule has 0 fully saturated rings. The van der Waals surface area contributed by atoms with Crippen LogP contribution in [0.1, 0.15) is 115 Å². The van der Waals surface area contributed by atoms with Crippen LogP contribution in [0.5, 0.6) is 0 Å². The first-order valence-corrected chi connectivity index (χ1v) is 19.8. The number of allylic oxidation sites excluding steroid dienone is 10. The summed E-state index contributed by atoms with van der Waals surface area (Å²) in [6, 6.07) is 6.16. The van der Waals surface area contributed by atoms with Gasteiger partial charge >= 0.3 is 12.0 Å². The summed E-state index contributed by atoms with van der Waals surface area (Å²) in [4.78, 5) is 34.3. The van der Waals surface area contributed by atoms with E-state index in [1.165, 1.54) is 16.9 Å². The fraction of sp³-hybridized carbons (Fsp3) is 0.442. The molecule has 1 unspecified atom stereocenters. The highest BCUT2D eigenvalue weighted by Crippen LogP contribution is 2.41. The molecule has 0 spiro atoms. The van der Waals surface area contributed by atoms with Gasteiger partial charge in [0, 0.05) is 31.1 Å². The van der Waals surface area contributed by atoms with Crippen molar-refractivity contribution < 1.29 is 23.5 Å². The van der Waals surface area contributed by atoms with Crippen LogP contribution < -0.4 is 10.6 Å². The number of carboxylic acids is 1. The minimum Gasteiger partial charge on any atom is -0.481 e. The minimum absolute atomic E-state index is 0.0665. The van der Waals surface area contributed by atoms with Gasteiger partial charge in [-0.25, -0.2) is 18.6 Å². The molecule has 0 saturated heterocycles. The molecule has 6 rings (SSSR count). The number of anilines is 1. The summed E-state index contributed by atoms with van der Waals surface area (Å²) in [5.74, 6) is -3.32. The normalized spacial score (nSPS) is 20.5. The third-order valence-corrected chi connectivity index (χ3v) is 11.8. The van der Waals surface area contributed by atoms with Gasteiger partial charge in [0.25, 0.3) is 0 Å². The second-order valence-corrected chi connectivity index (χ2v) is 15.7. The van der Waals surface area contributed by atoms with Crippen molar-refractivity contribution in [2.75, 3.05) is 11.9 Å². The number of amides is 2. The van der Waals surface area contributed by atoms with E-state index in [2.05, 4.69) is 66.1 Å². The Bertz CT molecular complexity index is 2020. The number of thiazole rings is 1. The number of aliphatic carboxylic acids is 1. The van der Waals surface area contributed by atoms with Gasteiger partial charge in [0.2, 0.25) is 5.92 Å². The molecule has 53 heavy (non-hydrogen) atoms. The minimum atomic E-state index is -2.57. The van der Waals surface area contributed by atoms with Crippen molar-refractivity contribution in [3.05, 3.63) is 88.8 Å². The van der Waals surface area contributed by atoms with Gasteiger partial charge in [-0.1, -0.05) is 60.3 Å². The van der Waals surface area contributed by atoms with Crippen molar-refractivity contribution in [1.29, 1.82) is 0 Å². The van der Waals surface area contributed by atoms with Crippen molar-refractivity contribution in [3.8, 4) is 11.1 Å². The molecule has 0 bridgehead atoms. The molecule has 3 N–H and O–H groups in total. The van der Waals surface area contributed by atoms with Gasteiger partial charge in [0.15, 0.2) is 5.13 Å². The maximum Gasteiger partial charge on any atom is 0.321 e. The van der Waals surface area contributed by atoms with Crippen molar-refractivity contribution in [1.82, 2.24) is 15.3 Å². The molecular formula is C43H50F2N4O3S. The summed E-state index contributed by atoms with van der Waals surface area (Å²) in [7, 11) is 0. The molecule has 2 aromatic heterocycles. The first-order valence-electron chi connectivity index (χ1n) is 19.0. The summed E-state index contributed by atoms with van der Waals surface area (Å²) >= 11 is 1.46. The maximum absolute atomic E-state index is 14.0. The molecule has 2 heterocycles. The van der Waals surface area contributed by atoms with Crippen molar-refractivity contribution in [3.63, 3.8) is 0 Å². The van der Waals surface area contributed by atoms with Crippen LogP contribution in [0.25, 0.3) is 32.5 Å². The van der Waals surface area contributed by atoms with Gasteiger partial charge in [-0.3, -0.25) is 15.1 Å². The number of carbonyl (C=O) groups excluding carboxylic acids is 1. The van der Waals surface area contributed by atoms with Gasteiger partial charge in [-0.15, -0.1) is 0 Å². The van der Waals surface area contributed by atoms with Crippen molar-refractivity contribution in [2.45, 2.75) is 110 Å². The molecule has 0 aliphatic heterocycles. The Morgan fingerprint density at radius 2 is 1.75 bits per heavy atom. The number of rotatable bonds is 10. The smallest absolute Gasteiger partial charge is 0.321 e. The highest BCUT2D eigenvalue weighted by Gasteiger charge is 2.34. The molecule has 0 saturated carbocycles. The zero-order valence-electron chi connectivity index (χ0n) is 31.0. The number of aryl methyl sites for hydroxylation is 1. The number of halogens is 2. The molecule has 0 radical (unpaired) electrons. The Balaban J connectivity index is 1.34. The Hall–Kier alpha value is -4.44. The second kappa shape index (κ2) is 16.7. The summed E-state index contributed by atoms with van der Waals surface area (Å²) in [5.41, 5.74) is 9.65. The van der Waals surface area contributed by atoms with Gasteiger partial charge < -0.3 is 10.4 Å². The molecule has 7 nitrogen and oxygen atoms in total. The molecule has 2 amide bonds. The average molecular weight is 741 g/mol. The van der Waals surface area contributed by atoms with E-state index in [1.807, 2.05) is 26.1 Å². The Morgan fingerprint density at radius 3 is 2.55 bits per heavy atom. The van der Waals surface area contributed by atoms with Crippen molar-refractivity contribution >= 4 is 49.8 Å². The van der Waals surface area contributed by atoms with E-state index >= 15 is 0 Å². The van der Waals surface area contributed by atoms with Gasteiger partial charge in [0.1, 0.15) is 0 Å². The van der Waals surface area contributed by atoms with E-state index in [0.717, 1.165) is 87.0 Å². The van der Waals surface area contributed by atoms with E-state index < -0.39 is 17.3 Å². The number of aromatic nitrogens is 2. The lowest BCUT2D eigenvalue weighted by atomic mass is 9.82. The van der Waals surface area contributed by atoms with Gasteiger partial charge in [-0.2, -0.15) is 0 Å². The number of hydrogen-bond acceptors (Lipinski definition) is 5. The number of nitrogens with one attached hydrogen (secondary N) is 2. The van der Waals surface area contributed by atoms with E-state index in [0.29, 0.717) is 50.2 Å². The monoisotopic (exact) mass is 740 g/mol. The lowest BCUT2D eigenvalue weighted by Crippen LogP contribution is -2.28. The SMILES string of the molecule is CCNC(=O)Nc1nc2cc(-c3cnc(C4=CCCC(C)(C(=O)O)CC4)c(CC)c3)cc(C3=CC=C(CCC4=CCCC(F)(F)CC4)C=CCC3)c2s1. The van der Waals surface area contributed by atoms with Crippen LogP contribution in [0, 0.1) is 5.41 Å². The van der Waals surface area contributed by atoms with Gasteiger partial charge in [0.05, 0.1) is 21.3 Å². The molecule has 280 valence electrons. The van der Waals surface area contributed by atoms with Crippen LogP contribution in [0.15, 0.2) is 72.0 Å². The molecule has 10 heteroatoms. The standard InChI is InChI=1S/C43H50F2N4O3S/c1-4-30-24-34(27-47-37(30)32-13-9-20-42(3,22-19-32)39(50)51)33-25-35(38-36(26-33)48-41(53-38)49-40(52)46-5-2)31-12-7-6-10-28(16-17-31)14-15-29-11-8-21-43(44,45)23-18-29/h6,10-11,13,16-17,24-27H,4-5,7-9,12,14-15,18-23H2,1-3H3,(H,50,51)(H2,46,48,49,52). The zero-order valence-corrected chi connectivity index (χ0v) is 31.8. The number of carboxylic acid groups (broad SMARTS) is 1. The van der Waals surface area contributed by atoms with Crippen LogP contribution in [0.3, 0.4) is 0 Å². The zero-order chi connectivity index (χ0) is 37.6. The Labute approximate surface area is 315 Å². The van der Waals surface area contributed by atoms with Gasteiger partial charge in [-0.05, 0) is 136 Å². The summed E-state index contributed by atoms with van der Waals surface area (Å²) in [6.07, 6.45) is 22.1. The third kappa shape index (κ3) is 9.39. The fourth-order valence-corrected chi connectivity index (χ4v) is 8.44. The van der Waals surface area contributed by atoms with Crippen LogP contribution in [0.4, 0.5) is 18.7 Å². The number of fused-ring (bicyclic) bond motifs is 1. The first kappa shape index (κ1) is 38.3. The number of alkyl halides is 2. The number of pyridine rings is 1. The summed E-state index contributed by atoms with van der Waals surface area (Å²) < 4.78 is 28.9. The average Bonchev–Trinajstić information content (AvgIpc) is 3.29. The predicted molar refractivity (Wildman–Crippen MR) is 212 cm³/mol. The fourth-order valence-electron chi connectivity index (χ4n) is 7.45. The number of urea groups is 1. The summed E-state index contributed by atoms with van der Waals surface area (Å²) in [6.45, 7) is 6.33. The van der Waals surface area contributed by atoms with Crippen LogP contribution >= 0.6 is 11.3 Å². The van der Waals surface area contributed by atoms with Crippen LogP contribution in [-0.4, -0.2) is 39.5 Å². The van der Waals surface area contributed by atoms with Crippen LogP contribution in [0.2, 0.25) is 0 Å². The first-order chi connectivity index (χ1) is 25.5. The lowest BCUT2D eigenvalue weighted by molar-refractivity contribution is -0.148. The topological polar surface area (TPSA) is 104 Å². The van der Waals surface area contributed by atoms with Crippen molar-refractivity contribution in [2.24, 2.45) is 5.41 Å². The number of hydrogen-bond donors (Lipinski definition) is 3. The highest BCUT2D eigenvalue weighted by molar-refractivity contribution is 7.22.